The molecule has 0 N–H and O–H groups in total. The zero-order chi connectivity index (χ0) is 14.8. The smallest absolute Gasteiger partial charge is 0.188 e. The summed E-state index contributed by atoms with van der Waals surface area (Å²) in [5.41, 5.74) is 0.106. The van der Waals surface area contributed by atoms with Gasteiger partial charge in [0.05, 0.1) is 5.02 Å². The molecule has 0 atom stereocenters. The molecule has 2 rings (SSSR count). The van der Waals surface area contributed by atoms with E-state index in [9.17, 15) is 17.6 Å². The van der Waals surface area contributed by atoms with Crippen molar-refractivity contribution in [2.75, 3.05) is 5.75 Å². The van der Waals surface area contributed by atoms with E-state index in [0.29, 0.717) is 0 Å². The second-order valence-corrected chi connectivity index (χ2v) is 6.46. The van der Waals surface area contributed by atoms with Crippen LogP contribution in [-0.4, -0.2) is 20.0 Å². The van der Waals surface area contributed by atoms with E-state index in [2.05, 4.69) is 0 Å². The minimum atomic E-state index is -4.04. The summed E-state index contributed by atoms with van der Waals surface area (Å²) >= 11 is 5.84. The molecule has 0 heterocycles. The SMILES string of the molecule is O=C(CS(=O)(=O)c1ccccc1F)c1ccccc1Cl. The van der Waals surface area contributed by atoms with Gasteiger partial charge in [0.15, 0.2) is 15.6 Å². The van der Waals surface area contributed by atoms with E-state index in [4.69, 9.17) is 11.6 Å². The van der Waals surface area contributed by atoms with Crippen molar-refractivity contribution in [2.45, 2.75) is 4.90 Å². The summed E-state index contributed by atoms with van der Waals surface area (Å²) < 4.78 is 37.6. The third-order valence-electron chi connectivity index (χ3n) is 2.67. The van der Waals surface area contributed by atoms with Crippen molar-refractivity contribution >= 4 is 27.2 Å². The molecule has 104 valence electrons. The van der Waals surface area contributed by atoms with E-state index < -0.39 is 32.1 Å². The molecule has 0 radical (unpaired) electrons. The van der Waals surface area contributed by atoms with Gasteiger partial charge in [0.2, 0.25) is 0 Å². The zero-order valence-electron chi connectivity index (χ0n) is 10.2. The number of ketones is 1. The van der Waals surface area contributed by atoms with Gasteiger partial charge >= 0.3 is 0 Å². The van der Waals surface area contributed by atoms with E-state index >= 15 is 0 Å². The molecule has 2 aromatic rings. The Labute approximate surface area is 120 Å². The molecule has 2 aromatic carbocycles. The van der Waals surface area contributed by atoms with Crippen LogP contribution in [0.15, 0.2) is 53.4 Å². The minimum Gasteiger partial charge on any atom is -0.293 e. The first-order valence-corrected chi connectivity index (χ1v) is 7.70. The molecule has 0 bridgehead atoms. The van der Waals surface area contributed by atoms with Gasteiger partial charge in [-0.2, -0.15) is 0 Å². The van der Waals surface area contributed by atoms with Crippen molar-refractivity contribution in [2.24, 2.45) is 0 Å². The lowest BCUT2D eigenvalue weighted by Gasteiger charge is -2.06. The molecule has 0 aliphatic heterocycles. The van der Waals surface area contributed by atoms with Crippen molar-refractivity contribution in [3.63, 3.8) is 0 Å². The van der Waals surface area contributed by atoms with E-state index in [1.54, 1.807) is 12.1 Å². The van der Waals surface area contributed by atoms with Crippen LogP contribution in [0.1, 0.15) is 10.4 Å². The number of benzene rings is 2. The average molecular weight is 313 g/mol. The van der Waals surface area contributed by atoms with Crippen LogP contribution in [0, 0.1) is 5.82 Å². The van der Waals surface area contributed by atoms with E-state index in [0.717, 1.165) is 12.1 Å². The normalized spacial score (nSPS) is 11.3. The second-order valence-electron chi connectivity index (χ2n) is 4.09. The molecule has 0 fully saturated rings. The molecular formula is C14H10ClFO3S. The van der Waals surface area contributed by atoms with Gasteiger partial charge in [-0.05, 0) is 24.3 Å². The molecule has 0 saturated carbocycles. The zero-order valence-corrected chi connectivity index (χ0v) is 11.8. The number of sulfone groups is 1. The highest BCUT2D eigenvalue weighted by Gasteiger charge is 2.24. The lowest BCUT2D eigenvalue weighted by molar-refractivity contribution is 0.102. The van der Waals surface area contributed by atoms with Gasteiger partial charge in [0.1, 0.15) is 16.5 Å². The van der Waals surface area contributed by atoms with Gasteiger partial charge in [-0.25, -0.2) is 12.8 Å². The van der Waals surface area contributed by atoms with E-state index in [1.165, 1.54) is 24.3 Å². The van der Waals surface area contributed by atoms with Gasteiger partial charge in [0, 0.05) is 5.56 Å². The summed E-state index contributed by atoms with van der Waals surface area (Å²) in [5, 5.41) is 0.168. The quantitative estimate of drug-likeness (QED) is 0.815. The molecule has 0 aliphatic rings. The maximum absolute atomic E-state index is 13.5. The van der Waals surface area contributed by atoms with Crippen LogP contribution in [0.5, 0.6) is 0 Å². The Morgan fingerprint density at radius 2 is 1.65 bits per heavy atom. The van der Waals surface area contributed by atoms with Crippen molar-refractivity contribution in [1.29, 1.82) is 0 Å². The van der Waals surface area contributed by atoms with Crippen LogP contribution in [-0.2, 0) is 9.84 Å². The molecule has 6 heteroatoms. The van der Waals surface area contributed by atoms with Crippen LogP contribution >= 0.6 is 11.6 Å². The summed E-state index contributed by atoms with van der Waals surface area (Å²) in [7, 11) is -4.04. The highest BCUT2D eigenvalue weighted by Crippen LogP contribution is 2.20. The molecule has 0 spiro atoms. The molecule has 3 nitrogen and oxygen atoms in total. The Morgan fingerprint density at radius 3 is 2.30 bits per heavy atom. The number of carbonyl (C=O) groups excluding carboxylic acids is 1. The summed E-state index contributed by atoms with van der Waals surface area (Å²) in [6.45, 7) is 0. The monoisotopic (exact) mass is 312 g/mol. The fourth-order valence-corrected chi connectivity index (χ4v) is 3.26. The molecule has 0 aromatic heterocycles. The van der Waals surface area contributed by atoms with Crippen LogP contribution < -0.4 is 0 Å². The van der Waals surface area contributed by atoms with Crippen molar-refractivity contribution in [3.05, 3.63) is 64.9 Å². The average Bonchev–Trinajstić information content (AvgIpc) is 2.38. The number of rotatable bonds is 4. The molecule has 0 saturated heterocycles. The highest BCUT2D eigenvalue weighted by atomic mass is 35.5. The Morgan fingerprint density at radius 1 is 1.05 bits per heavy atom. The van der Waals surface area contributed by atoms with Crippen LogP contribution in [0.25, 0.3) is 0 Å². The highest BCUT2D eigenvalue weighted by molar-refractivity contribution is 7.92. The van der Waals surface area contributed by atoms with Gasteiger partial charge in [-0.15, -0.1) is 0 Å². The summed E-state index contributed by atoms with van der Waals surface area (Å²) in [5.74, 6) is -2.36. The molecule has 0 aliphatic carbocycles. The maximum Gasteiger partial charge on any atom is 0.188 e. The van der Waals surface area contributed by atoms with Crippen molar-refractivity contribution in [3.8, 4) is 0 Å². The van der Waals surface area contributed by atoms with Crippen LogP contribution in [0.4, 0.5) is 4.39 Å². The third kappa shape index (κ3) is 3.05. The topological polar surface area (TPSA) is 51.2 Å². The number of Topliss-reactive ketones (excluding diaryl/α,β-unsaturated/α-hetero) is 1. The summed E-state index contributed by atoms with van der Waals surface area (Å²) in [6, 6.07) is 11.1. The van der Waals surface area contributed by atoms with E-state index in [1.807, 2.05) is 0 Å². The predicted octanol–water partition coefficient (Wildman–Crippen LogP) is 3.14. The standard InChI is InChI=1S/C14H10ClFO3S/c15-11-6-2-1-5-10(11)13(17)9-20(18,19)14-8-4-3-7-12(14)16/h1-8H,9H2. The predicted molar refractivity (Wildman–Crippen MR) is 74.2 cm³/mol. The number of carbonyl (C=O) groups is 1. The molecular weight excluding hydrogens is 303 g/mol. The number of hydrogen-bond acceptors (Lipinski definition) is 3. The molecule has 20 heavy (non-hydrogen) atoms. The fraction of sp³-hybridized carbons (Fsp3) is 0.0714. The lowest BCUT2D eigenvalue weighted by atomic mass is 10.1. The summed E-state index contributed by atoms with van der Waals surface area (Å²) in [4.78, 5) is 11.5. The first kappa shape index (κ1) is 14.7. The number of hydrogen-bond donors (Lipinski definition) is 0. The maximum atomic E-state index is 13.5. The Bertz CT molecular complexity index is 757. The second kappa shape index (κ2) is 5.73. The fourth-order valence-electron chi connectivity index (χ4n) is 1.71. The number of halogens is 2. The first-order valence-electron chi connectivity index (χ1n) is 5.67. The van der Waals surface area contributed by atoms with Crippen LogP contribution in [0.2, 0.25) is 5.02 Å². The molecule has 0 amide bonds. The Kier molecular flexibility index (Phi) is 4.20. The summed E-state index contributed by atoms with van der Waals surface area (Å²) in [6.07, 6.45) is 0. The van der Waals surface area contributed by atoms with E-state index in [-0.39, 0.29) is 10.6 Å². The van der Waals surface area contributed by atoms with Gasteiger partial charge in [-0.3, -0.25) is 4.79 Å². The third-order valence-corrected chi connectivity index (χ3v) is 4.64. The first-order chi connectivity index (χ1) is 9.42. The van der Waals surface area contributed by atoms with Gasteiger partial charge < -0.3 is 0 Å². The van der Waals surface area contributed by atoms with Crippen molar-refractivity contribution in [1.82, 2.24) is 0 Å². The van der Waals surface area contributed by atoms with Crippen molar-refractivity contribution < 1.29 is 17.6 Å². The minimum absolute atomic E-state index is 0.106. The van der Waals surface area contributed by atoms with Crippen LogP contribution in [0.3, 0.4) is 0 Å². The Balaban J connectivity index is 2.33. The Hall–Kier alpha value is -1.72. The largest absolute Gasteiger partial charge is 0.293 e. The van der Waals surface area contributed by atoms with Gasteiger partial charge in [-0.1, -0.05) is 35.9 Å². The molecule has 0 unspecified atom stereocenters. The lowest BCUT2D eigenvalue weighted by Crippen LogP contribution is -2.17. The van der Waals surface area contributed by atoms with Gasteiger partial charge in [0.25, 0.3) is 0 Å².